The first-order valence-electron chi connectivity index (χ1n) is 6.77. The summed E-state index contributed by atoms with van der Waals surface area (Å²) in [7, 11) is 0. The van der Waals surface area contributed by atoms with Gasteiger partial charge in [-0.3, -0.25) is 10.1 Å². The second-order valence-corrected chi connectivity index (χ2v) is 5.17. The van der Waals surface area contributed by atoms with Crippen molar-refractivity contribution in [3.8, 4) is 0 Å². The van der Waals surface area contributed by atoms with Gasteiger partial charge in [0.05, 0.1) is 17.1 Å². The zero-order valence-corrected chi connectivity index (χ0v) is 11.1. The van der Waals surface area contributed by atoms with E-state index in [1.54, 1.807) is 0 Å². The number of nitrogens with one attached hydrogen (secondary N) is 1. The van der Waals surface area contributed by atoms with Crippen molar-refractivity contribution in [1.29, 1.82) is 0 Å². The Bertz CT molecular complexity index is 464. The predicted octanol–water partition coefficient (Wildman–Crippen LogP) is 2.95. The smallest absolute Gasteiger partial charge is 0.276 e. The number of hydrogen-bond donors (Lipinski definition) is 2. The topological polar surface area (TPSA) is 94.1 Å². The third-order valence-corrected chi connectivity index (χ3v) is 3.75. The molecule has 19 heavy (non-hydrogen) atoms. The number of nitrogen functional groups attached to an aromatic ring is 1. The SMILES string of the molecule is CCC1CCCC(Nc2cc([N+](=O)[O-])cc(N)n2)C1. The van der Waals surface area contributed by atoms with Crippen LogP contribution in [0.4, 0.5) is 17.3 Å². The van der Waals surface area contributed by atoms with Crippen molar-refractivity contribution in [3.05, 3.63) is 22.2 Å². The maximum absolute atomic E-state index is 10.8. The fourth-order valence-electron chi connectivity index (χ4n) is 2.72. The number of nitro groups is 1. The summed E-state index contributed by atoms with van der Waals surface area (Å²) in [5.74, 6) is 1.43. The van der Waals surface area contributed by atoms with Gasteiger partial charge in [0.25, 0.3) is 5.69 Å². The number of pyridine rings is 1. The Hall–Kier alpha value is -1.85. The van der Waals surface area contributed by atoms with Gasteiger partial charge in [-0.15, -0.1) is 0 Å². The van der Waals surface area contributed by atoms with Crippen LogP contribution in [0.15, 0.2) is 12.1 Å². The van der Waals surface area contributed by atoms with Crippen molar-refractivity contribution in [2.75, 3.05) is 11.1 Å². The Morgan fingerprint density at radius 2 is 2.32 bits per heavy atom. The molecule has 0 aliphatic heterocycles. The number of hydrogen-bond acceptors (Lipinski definition) is 5. The van der Waals surface area contributed by atoms with Crippen LogP contribution in [0, 0.1) is 16.0 Å². The molecular weight excluding hydrogens is 244 g/mol. The highest BCUT2D eigenvalue weighted by Crippen LogP contribution is 2.29. The molecule has 6 nitrogen and oxygen atoms in total. The van der Waals surface area contributed by atoms with Crippen molar-refractivity contribution in [1.82, 2.24) is 4.98 Å². The van der Waals surface area contributed by atoms with Crippen molar-refractivity contribution >= 4 is 17.3 Å². The van der Waals surface area contributed by atoms with E-state index in [1.807, 2.05) is 0 Å². The molecule has 1 aromatic rings. The molecule has 0 spiro atoms. The van der Waals surface area contributed by atoms with Crippen LogP contribution in [0.5, 0.6) is 0 Å². The van der Waals surface area contributed by atoms with Gasteiger partial charge in [0.15, 0.2) is 0 Å². The van der Waals surface area contributed by atoms with Gasteiger partial charge in [-0.1, -0.05) is 26.2 Å². The van der Waals surface area contributed by atoms with E-state index in [0.29, 0.717) is 11.9 Å². The highest BCUT2D eigenvalue weighted by atomic mass is 16.6. The van der Waals surface area contributed by atoms with Gasteiger partial charge in [-0.2, -0.15) is 0 Å². The zero-order chi connectivity index (χ0) is 13.8. The fraction of sp³-hybridized carbons (Fsp3) is 0.615. The van der Waals surface area contributed by atoms with Crippen LogP contribution >= 0.6 is 0 Å². The van der Waals surface area contributed by atoms with Gasteiger partial charge in [-0.25, -0.2) is 4.98 Å². The number of anilines is 2. The maximum atomic E-state index is 10.8. The van der Waals surface area contributed by atoms with E-state index in [4.69, 9.17) is 5.73 Å². The summed E-state index contributed by atoms with van der Waals surface area (Å²) in [6.07, 6.45) is 5.84. The van der Waals surface area contributed by atoms with Crippen molar-refractivity contribution < 1.29 is 4.92 Å². The first kappa shape index (κ1) is 13.6. The monoisotopic (exact) mass is 264 g/mol. The van der Waals surface area contributed by atoms with Crippen LogP contribution in [0.25, 0.3) is 0 Å². The van der Waals surface area contributed by atoms with E-state index in [0.717, 1.165) is 18.8 Å². The summed E-state index contributed by atoms with van der Waals surface area (Å²) in [4.78, 5) is 14.5. The lowest BCUT2D eigenvalue weighted by Crippen LogP contribution is -2.27. The lowest BCUT2D eigenvalue weighted by Gasteiger charge is -2.29. The molecule has 2 atom stereocenters. The Morgan fingerprint density at radius 3 is 3.00 bits per heavy atom. The summed E-state index contributed by atoms with van der Waals surface area (Å²) < 4.78 is 0. The van der Waals surface area contributed by atoms with Gasteiger partial charge in [-0.05, 0) is 18.8 Å². The molecule has 1 aliphatic carbocycles. The Morgan fingerprint density at radius 1 is 1.53 bits per heavy atom. The van der Waals surface area contributed by atoms with Crippen LogP contribution in [-0.4, -0.2) is 15.9 Å². The summed E-state index contributed by atoms with van der Waals surface area (Å²) in [6, 6.07) is 3.07. The minimum atomic E-state index is -0.445. The van der Waals surface area contributed by atoms with Gasteiger partial charge < -0.3 is 11.1 Å². The van der Waals surface area contributed by atoms with E-state index in [-0.39, 0.29) is 11.5 Å². The fourth-order valence-corrected chi connectivity index (χ4v) is 2.72. The Labute approximate surface area is 112 Å². The first-order valence-corrected chi connectivity index (χ1v) is 6.77. The maximum Gasteiger partial charge on any atom is 0.276 e. The molecule has 1 saturated carbocycles. The standard InChI is InChI=1S/C13H20N4O2/c1-2-9-4-3-5-10(6-9)15-13-8-11(17(18)19)7-12(14)16-13/h7-10H,2-6H2,1H3,(H3,14,15,16). The van der Waals surface area contributed by atoms with Gasteiger partial charge >= 0.3 is 0 Å². The molecule has 1 aliphatic rings. The quantitative estimate of drug-likeness (QED) is 0.644. The van der Waals surface area contributed by atoms with Crippen LogP contribution in [-0.2, 0) is 0 Å². The summed E-state index contributed by atoms with van der Waals surface area (Å²) in [6.45, 7) is 2.21. The summed E-state index contributed by atoms with van der Waals surface area (Å²) in [5, 5.41) is 14.1. The van der Waals surface area contributed by atoms with E-state index < -0.39 is 4.92 Å². The molecule has 1 aromatic heterocycles. The van der Waals surface area contributed by atoms with Crippen molar-refractivity contribution in [2.45, 2.75) is 45.1 Å². The summed E-state index contributed by atoms with van der Waals surface area (Å²) >= 11 is 0. The van der Waals surface area contributed by atoms with Crippen LogP contribution < -0.4 is 11.1 Å². The molecule has 2 unspecified atom stereocenters. The number of nitrogens with two attached hydrogens (primary N) is 1. The molecule has 0 bridgehead atoms. The second-order valence-electron chi connectivity index (χ2n) is 5.17. The largest absolute Gasteiger partial charge is 0.383 e. The molecule has 6 heteroatoms. The molecule has 1 fully saturated rings. The average Bonchev–Trinajstić information content (AvgIpc) is 2.38. The number of nitrogens with zero attached hydrogens (tertiary/aromatic N) is 2. The molecule has 0 amide bonds. The van der Waals surface area contributed by atoms with Gasteiger partial charge in [0, 0.05) is 6.04 Å². The molecule has 0 saturated heterocycles. The van der Waals surface area contributed by atoms with E-state index >= 15 is 0 Å². The third kappa shape index (κ3) is 3.56. The molecular formula is C13H20N4O2. The Balaban J connectivity index is 2.08. The normalized spacial score (nSPS) is 23.0. The third-order valence-electron chi connectivity index (χ3n) is 3.75. The highest BCUT2D eigenvalue weighted by Gasteiger charge is 2.21. The zero-order valence-electron chi connectivity index (χ0n) is 11.1. The molecule has 0 radical (unpaired) electrons. The molecule has 3 N–H and O–H groups in total. The van der Waals surface area contributed by atoms with Crippen molar-refractivity contribution in [2.24, 2.45) is 5.92 Å². The minimum Gasteiger partial charge on any atom is -0.383 e. The van der Waals surface area contributed by atoms with Gasteiger partial charge in [0.1, 0.15) is 11.6 Å². The second kappa shape index (κ2) is 5.86. The van der Waals surface area contributed by atoms with Crippen LogP contribution in [0.2, 0.25) is 0 Å². The van der Waals surface area contributed by atoms with E-state index in [2.05, 4.69) is 17.2 Å². The molecule has 2 rings (SSSR count). The average molecular weight is 264 g/mol. The molecule has 104 valence electrons. The summed E-state index contributed by atoms with van der Waals surface area (Å²) in [5.41, 5.74) is 5.58. The lowest BCUT2D eigenvalue weighted by molar-refractivity contribution is -0.384. The predicted molar refractivity (Wildman–Crippen MR) is 75.0 cm³/mol. The van der Waals surface area contributed by atoms with E-state index in [1.165, 1.54) is 31.4 Å². The first-order chi connectivity index (χ1) is 9.08. The van der Waals surface area contributed by atoms with Gasteiger partial charge in [0.2, 0.25) is 0 Å². The minimum absolute atomic E-state index is 0.0159. The van der Waals surface area contributed by atoms with E-state index in [9.17, 15) is 10.1 Å². The number of aromatic nitrogens is 1. The Kier molecular flexibility index (Phi) is 4.19. The van der Waals surface area contributed by atoms with Crippen LogP contribution in [0.3, 0.4) is 0 Å². The molecule has 1 heterocycles. The van der Waals surface area contributed by atoms with Crippen LogP contribution in [0.1, 0.15) is 39.0 Å². The highest BCUT2D eigenvalue weighted by molar-refractivity contribution is 5.53. The number of rotatable bonds is 4. The van der Waals surface area contributed by atoms with Crippen molar-refractivity contribution in [3.63, 3.8) is 0 Å². The molecule has 0 aromatic carbocycles. The lowest BCUT2D eigenvalue weighted by atomic mass is 9.84.